The molecule has 0 amide bonds. The molecule has 0 aliphatic carbocycles. The Bertz CT molecular complexity index is 194. The van der Waals surface area contributed by atoms with Crippen molar-refractivity contribution in [1.29, 1.82) is 0 Å². The van der Waals surface area contributed by atoms with E-state index in [-0.39, 0.29) is 0 Å². The first-order valence-corrected chi connectivity index (χ1v) is 6.11. The van der Waals surface area contributed by atoms with Gasteiger partial charge < -0.3 is 10.0 Å². The van der Waals surface area contributed by atoms with E-state index in [9.17, 15) is 4.79 Å². The summed E-state index contributed by atoms with van der Waals surface area (Å²) in [5, 5.41) is 8.83. The molecular weight excluding hydrogens is 190 g/mol. The molecule has 1 rings (SSSR count). The van der Waals surface area contributed by atoms with Crippen molar-refractivity contribution in [3.63, 3.8) is 0 Å². The normalized spacial score (nSPS) is 22.1. The van der Waals surface area contributed by atoms with Crippen LogP contribution in [-0.2, 0) is 4.79 Å². The summed E-state index contributed by atoms with van der Waals surface area (Å²) in [4.78, 5) is 13.5. The highest BCUT2D eigenvalue weighted by molar-refractivity contribution is 5.77. The lowest BCUT2D eigenvalue weighted by Gasteiger charge is -2.15. The van der Waals surface area contributed by atoms with Crippen molar-refractivity contribution in [3.8, 4) is 0 Å². The minimum atomic E-state index is 0.312. The molecule has 1 N–H and O–H groups in total. The van der Waals surface area contributed by atoms with Crippen LogP contribution in [0, 0.1) is 5.92 Å². The van der Waals surface area contributed by atoms with Crippen molar-refractivity contribution in [1.82, 2.24) is 4.90 Å². The third-order valence-corrected chi connectivity index (χ3v) is 3.23. The van der Waals surface area contributed by atoms with Gasteiger partial charge in [0.15, 0.2) is 0 Å². The Morgan fingerprint density at radius 2 is 2.33 bits per heavy atom. The van der Waals surface area contributed by atoms with Crippen LogP contribution in [0.2, 0.25) is 0 Å². The number of carbonyl (C=O) groups is 1. The predicted octanol–water partition coefficient (Wildman–Crippen LogP) is 1.45. The lowest BCUT2D eigenvalue weighted by atomic mass is 10.1. The van der Waals surface area contributed by atoms with E-state index in [1.54, 1.807) is 0 Å². The Morgan fingerprint density at radius 3 is 3.00 bits per heavy atom. The molecule has 1 atom stereocenters. The van der Waals surface area contributed by atoms with Crippen molar-refractivity contribution >= 4 is 5.78 Å². The molecule has 88 valence electrons. The molecule has 1 unspecified atom stereocenters. The number of Topliss-reactive ketones (excluding diaryl/α,β-unsaturated/α-hetero) is 1. The Balaban J connectivity index is 2.06. The second kappa shape index (κ2) is 6.96. The van der Waals surface area contributed by atoms with E-state index in [1.165, 1.54) is 6.42 Å². The SMILES string of the molecule is CCC(=O)CCCN1CCC(CCO)C1. The molecule has 0 radical (unpaired) electrons. The smallest absolute Gasteiger partial charge is 0.132 e. The van der Waals surface area contributed by atoms with Crippen LogP contribution in [0.5, 0.6) is 0 Å². The van der Waals surface area contributed by atoms with Gasteiger partial charge in [-0.15, -0.1) is 0 Å². The van der Waals surface area contributed by atoms with E-state index >= 15 is 0 Å². The number of aliphatic hydroxyl groups is 1. The Labute approximate surface area is 92.5 Å². The van der Waals surface area contributed by atoms with Crippen LogP contribution in [0.25, 0.3) is 0 Å². The molecule has 1 fully saturated rings. The van der Waals surface area contributed by atoms with Crippen molar-refractivity contribution in [2.75, 3.05) is 26.2 Å². The third-order valence-electron chi connectivity index (χ3n) is 3.23. The quantitative estimate of drug-likeness (QED) is 0.696. The van der Waals surface area contributed by atoms with Gasteiger partial charge in [-0.25, -0.2) is 0 Å². The molecule has 0 spiro atoms. The van der Waals surface area contributed by atoms with Gasteiger partial charge in [-0.05, 0) is 38.3 Å². The van der Waals surface area contributed by atoms with E-state index < -0.39 is 0 Å². The molecule has 0 aromatic heterocycles. The summed E-state index contributed by atoms with van der Waals surface area (Å²) in [6.45, 7) is 5.54. The number of carbonyl (C=O) groups excluding carboxylic acids is 1. The number of aliphatic hydroxyl groups excluding tert-OH is 1. The number of nitrogens with zero attached hydrogens (tertiary/aromatic N) is 1. The van der Waals surface area contributed by atoms with Crippen LogP contribution in [-0.4, -0.2) is 42.0 Å². The summed E-state index contributed by atoms with van der Waals surface area (Å²) in [7, 11) is 0. The van der Waals surface area contributed by atoms with Crippen molar-refractivity contribution < 1.29 is 9.90 Å². The first-order valence-electron chi connectivity index (χ1n) is 6.11. The molecule has 1 aliphatic heterocycles. The van der Waals surface area contributed by atoms with Gasteiger partial charge in [0.1, 0.15) is 5.78 Å². The summed E-state index contributed by atoms with van der Waals surface area (Å²) in [5.74, 6) is 1.05. The zero-order valence-electron chi connectivity index (χ0n) is 9.74. The summed E-state index contributed by atoms with van der Waals surface area (Å²) < 4.78 is 0. The van der Waals surface area contributed by atoms with E-state index in [0.29, 0.717) is 24.7 Å². The minimum absolute atomic E-state index is 0.312. The van der Waals surface area contributed by atoms with Crippen LogP contribution in [0.3, 0.4) is 0 Å². The Morgan fingerprint density at radius 1 is 1.53 bits per heavy atom. The fourth-order valence-corrected chi connectivity index (χ4v) is 2.21. The molecule has 15 heavy (non-hydrogen) atoms. The Hall–Kier alpha value is -0.410. The molecule has 1 aliphatic rings. The number of rotatable bonds is 7. The van der Waals surface area contributed by atoms with Crippen LogP contribution >= 0.6 is 0 Å². The van der Waals surface area contributed by atoms with E-state index in [4.69, 9.17) is 5.11 Å². The zero-order chi connectivity index (χ0) is 11.1. The van der Waals surface area contributed by atoms with Gasteiger partial charge in [-0.3, -0.25) is 4.79 Å². The highest BCUT2D eigenvalue weighted by Gasteiger charge is 2.21. The van der Waals surface area contributed by atoms with Gasteiger partial charge in [0.25, 0.3) is 0 Å². The number of ketones is 1. The average molecular weight is 213 g/mol. The summed E-state index contributed by atoms with van der Waals surface area (Å²) >= 11 is 0. The largest absolute Gasteiger partial charge is 0.396 e. The number of hydrogen-bond donors (Lipinski definition) is 1. The van der Waals surface area contributed by atoms with Crippen LogP contribution < -0.4 is 0 Å². The van der Waals surface area contributed by atoms with Crippen LogP contribution in [0.1, 0.15) is 39.0 Å². The highest BCUT2D eigenvalue weighted by atomic mass is 16.3. The van der Waals surface area contributed by atoms with Gasteiger partial charge >= 0.3 is 0 Å². The molecule has 0 aromatic carbocycles. The summed E-state index contributed by atoms with van der Waals surface area (Å²) in [6.07, 6.45) is 4.55. The minimum Gasteiger partial charge on any atom is -0.396 e. The number of hydrogen-bond acceptors (Lipinski definition) is 3. The molecule has 0 saturated carbocycles. The average Bonchev–Trinajstić information content (AvgIpc) is 2.66. The van der Waals surface area contributed by atoms with E-state index in [1.807, 2.05) is 6.92 Å². The standard InChI is InChI=1S/C12H23NO2/c1-2-12(15)4-3-7-13-8-5-11(10-13)6-9-14/h11,14H,2-10H2,1H3. The van der Waals surface area contributed by atoms with Gasteiger partial charge in [-0.2, -0.15) is 0 Å². The molecule has 3 heteroatoms. The van der Waals surface area contributed by atoms with Gasteiger partial charge in [0, 0.05) is 26.0 Å². The maximum absolute atomic E-state index is 11.1. The predicted molar refractivity (Wildman–Crippen MR) is 60.8 cm³/mol. The summed E-state index contributed by atoms with van der Waals surface area (Å²) in [5.41, 5.74) is 0. The molecule has 0 aromatic rings. The molecule has 0 bridgehead atoms. The van der Waals surface area contributed by atoms with Gasteiger partial charge in [0.05, 0.1) is 0 Å². The number of likely N-dealkylation sites (tertiary alicyclic amines) is 1. The fourth-order valence-electron chi connectivity index (χ4n) is 2.21. The second-order valence-corrected chi connectivity index (χ2v) is 4.46. The lowest BCUT2D eigenvalue weighted by molar-refractivity contribution is -0.118. The highest BCUT2D eigenvalue weighted by Crippen LogP contribution is 2.19. The van der Waals surface area contributed by atoms with E-state index in [0.717, 1.165) is 38.9 Å². The maximum Gasteiger partial charge on any atom is 0.132 e. The maximum atomic E-state index is 11.1. The van der Waals surface area contributed by atoms with Crippen LogP contribution in [0.15, 0.2) is 0 Å². The first-order chi connectivity index (χ1) is 7.26. The van der Waals surface area contributed by atoms with Crippen LogP contribution in [0.4, 0.5) is 0 Å². The monoisotopic (exact) mass is 213 g/mol. The van der Waals surface area contributed by atoms with E-state index in [2.05, 4.69) is 4.90 Å². The molecule has 1 heterocycles. The molecule has 1 saturated heterocycles. The first kappa shape index (κ1) is 12.7. The topological polar surface area (TPSA) is 40.5 Å². The lowest BCUT2D eigenvalue weighted by Crippen LogP contribution is -2.22. The fraction of sp³-hybridized carbons (Fsp3) is 0.917. The third kappa shape index (κ3) is 4.76. The van der Waals surface area contributed by atoms with Crippen molar-refractivity contribution in [2.45, 2.75) is 39.0 Å². The second-order valence-electron chi connectivity index (χ2n) is 4.46. The summed E-state index contributed by atoms with van der Waals surface area (Å²) in [6, 6.07) is 0. The zero-order valence-corrected chi connectivity index (χ0v) is 9.74. The van der Waals surface area contributed by atoms with Crippen molar-refractivity contribution in [2.24, 2.45) is 5.92 Å². The van der Waals surface area contributed by atoms with Gasteiger partial charge in [0.2, 0.25) is 0 Å². The molecular formula is C12H23NO2. The molecule has 3 nitrogen and oxygen atoms in total. The van der Waals surface area contributed by atoms with Gasteiger partial charge in [-0.1, -0.05) is 6.92 Å². The van der Waals surface area contributed by atoms with Crippen molar-refractivity contribution in [3.05, 3.63) is 0 Å². The Kier molecular flexibility index (Phi) is 5.88.